The van der Waals surface area contributed by atoms with Crippen molar-refractivity contribution in [3.8, 4) is 0 Å². The van der Waals surface area contributed by atoms with Gasteiger partial charge in [0.2, 0.25) is 10.0 Å². The molecule has 2 rings (SSSR count). The fourth-order valence-electron chi connectivity index (χ4n) is 2.31. The molecule has 1 aromatic rings. The Balaban J connectivity index is 1.97. The Morgan fingerprint density at radius 2 is 2.00 bits per heavy atom. The maximum Gasteiger partial charge on any atom is 0.238 e. The van der Waals surface area contributed by atoms with E-state index in [4.69, 9.17) is 5.14 Å². The maximum atomic E-state index is 11.2. The first kappa shape index (κ1) is 15.8. The summed E-state index contributed by atoms with van der Waals surface area (Å²) in [5.41, 5.74) is 1.38. The highest BCUT2D eigenvalue weighted by molar-refractivity contribution is 7.99. The van der Waals surface area contributed by atoms with Crippen LogP contribution in [0.25, 0.3) is 0 Å². The second-order valence-electron chi connectivity index (χ2n) is 5.94. The third-order valence-electron chi connectivity index (χ3n) is 3.92. The first-order valence-corrected chi connectivity index (χ1v) is 9.42. The largest absolute Gasteiger partial charge is 0.309 e. The summed E-state index contributed by atoms with van der Waals surface area (Å²) in [6, 6.07) is 7.24. The van der Waals surface area contributed by atoms with Crippen molar-refractivity contribution in [2.45, 2.75) is 37.8 Å². The summed E-state index contributed by atoms with van der Waals surface area (Å²) in [6.45, 7) is 5.35. The number of rotatable bonds is 4. The van der Waals surface area contributed by atoms with Gasteiger partial charge in [0.15, 0.2) is 0 Å². The van der Waals surface area contributed by atoms with E-state index < -0.39 is 10.0 Å². The molecule has 0 spiro atoms. The summed E-state index contributed by atoms with van der Waals surface area (Å²) in [5, 5.41) is 8.67. The molecule has 4 nitrogen and oxygen atoms in total. The van der Waals surface area contributed by atoms with Crippen molar-refractivity contribution in [1.82, 2.24) is 5.32 Å². The highest BCUT2D eigenvalue weighted by Gasteiger charge is 2.31. The first-order valence-electron chi connectivity index (χ1n) is 6.72. The SMILES string of the molecule is CC1(C)CCSCC1NCc1ccc(S(N)(=O)=O)cc1. The van der Waals surface area contributed by atoms with Crippen molar-refractivity contribution >= 4 is 21.8 Å². The van der Waals surface area contributed by atoms with Gasteiger partial charge in [0, 0.05) is 18.3 Å². The molecule has 20 heavy (non-hydrogen) atoms. The molecule has 1 aliphatic heterocycles. The molecule has 6 heteroatoms. The molecule has 1 unspecified atom stereocenters. The minimum absolute atomic E-state index is 0.162. The Bertz CT molecular complexity index is 553. The fraction of sp³-hybridized carbons (Fsp3) is 0.571. The van der Waals surface area contributed by atoms with Crippen LogP contribution in [0.4, 0.5) is 0 Å². The molecule has 1 saturated heterocycles. The van der Waals surface area contributed by atoms with Gasteiger partial charge in [-0.2, -0.15) is 11.8 Å². The van der Waals surface area contributed by atoms with E-state index in [1.165, 1.54) is 12.2 Å². The third kappa shape index (κ3) is 3.97. The monoisotopic (exact) mass is 314 g/mol. The van der Waals surface area contributed by atoms with Gasteiger partial charge in [-0.15, -0.1) is 0 Å². The summed E-state index contributed by atoms with van der Waals surface area (Å²) < 4.78 is 22.4. The molecule has 0 aliphatic carbocycles. The number of primary sulfonamides is 1. The van der Waals surface area contributed by atoms with Gasteiger partial charge < -0.3 is 5.32 Å². The molecular weight excluding hydrogens is 292 g/mol. The van der Waals surface area contributed by atoms with Gasteiger partial charge in [0.25, 0.3) is 0 Å². The van der Waals surface area contributed by atoms with Crippen molar-refractivity contribution in [3.05, 3.63) is 29.8 Å². The summed E-state index contributed by atoms with van der Waals surface area (Å²) in [6.07, 6.45) is 1.22. The van der Waals surface area contributed by atoms with E-state index in [0.29, 0.717) is 11.5 Å². The molecule has 3 N–H and O–H groups in total. The molecule has 1 aromatic carbocycles. The van der Waals surface area contributed by atoms with Gasteiger partial charge in [0.05, 0.1) is 4.90 Å². The molecule has 1 heterocycles. The zero-order valence-electron chi connectivity index (χ0n) is 11.9. The Labute approximate surface area is 125 Å². The molecule has 0 amide bonds. The van der Waals surface area contributed by atoms with Crippen LogP contribution in [0.1, 0.15) is 25.8 Å². The lowest BCUT2D eigenvalue weighted by molar-refractivity contribution is 0.245. The highest BCUT2D eigenvalue weighted by atomic mass is 32.2. The highest BCUT2D eigenvalue weighted by Crippen LogP contribution is 2.34. The van der Waals surface area contributed by atoms with Crippen molar-refractivity contribution in [3.63, 3.8) is 0 Å². The number of sulfonamides is 1. The topological polar surface area (TPSA) is 72.2 Å². The van der Waals surface area contributed by atoms with E-state index in [1.54, 1.807) is 12.1 Å². The predicted octanol–water partition coefficient (Wildman–Crippen LogP) is 1.96. The number of thioether (sulfide) groups is 1. The summed E-state index contributed by atoms with van der Waals surface area (Å²) in [7, 11) is -3.60. The van der Waals surface area contributed by atoms with Gasteiger partial charge in [-0.3, -0.25) is 0 Å². The van der Waals surface area contributed by atoms with E-state index in [2.05, 4.69) is 19.2 Å². The van der Waals surface area contributed by atoms with Crippen LogP contribution in [-0.2, 0) is 16.6 Å². The van der Waals surface area contributed by atoms with Gasteiger partial charge >= 0.3 is 0 Å². The Kier molecular flexibility index (Phi) is 4.79. The molecule has 112 valence electrons. The number of nitrogens with two attached hydrogens (primary N) is 1. The summed E-state index contributed by atoms with van der Waals surface area (Å²) in [4.78, 5) is 0.162. The van der Waals surface area contributed by atoms with Crippen molar-refractivity contribution in [2.24, 2.45) is 10.6 Å². The summed E-state index contributed by atoms with van der Waals surface area (Å²) in [5.74, 6) is 2.36. The van der Waals surface area contributed by atoms with Gasteiger partial charge in [-0.1, -0.05) is 26.0 Å². The van der Waals surface area contributed by atoms with E-state index in [0.717, 1.165) is 17.9 Å². The second kappa shape index (κ2) is 6.05. The Morgan fingerprint density at radius 3 is 2.55 bits per heavy atom. The molecule has 0 saturated carbocycles. The van der Waals surface area contributed by atoms with Gasteiger partial charge in [-0.25, -0.2) is 13.6 Å². The molecule has 0 radical (unpaired) electrons. The predicted molar refractivity (Wildman–Crippen MR) is 84.2 cm³/mol. The van der Waals surface area contributed by atoms with Crippen molar-refractivity contribution in [1.29, 1.82) is 0 Å². The lowest BCUT2D eigenvalue weighted by Gasteiger charge is -2.39. The molecular formula is C14H22N2O2S2. The average molecular weight is 314 g/mol. The van der Waals surface area contributed by atoms with E-state index in [1.807, 2.05) is 23.9 Å². The van der Waals surface area contributed by atoms with Crippen LogP contribution in [0.15, 0.2) is 29.2 Å². The van der Waals surface area contributed by atoms with Gasteiger partial charge in [-0.05, 0) is 35.3 Å². The fourth-order valence-corrected chi connectivity index (χ4v) is 4.47. The van der Waals surface area contributed by atoms with Crippen LogP contribution in [0.2, 0.25) is 0 Å². The molecule has 1 atom stereocenters. The standard InChI is InChI=1S/C14H22N2O2S2/c1-14(2)7-8-19-10-13(14)16-9-11-3-5-12(6-4-11)20(15,17)18/h3-6,13,16H,7-10H2,1-2H3,(H2,15,17,18). The Hall–Kier alpha value is -0.560. The zero-order chi connectivity index (χ0) is 14.8. The lowest BCUT2D eigenvalue weighted by Crippen LogP contribution is -2.46. The number of nitrogens with one attached hydrogen (secondary N) is 1. The van der Waals surface area contributed by atoms with Crippen LogP contribution in [0.5, 0.6) is 0 Å². The quantitative estimate of drug-likeness (QED) is 0.891. The Morgan fingerprint density at radius 1 is 1.35 bits per heavy atom. The van der Waals surface area contributed by atoms with Crippen LogP contribution in [-0.4, -0.2) is 26.0 Å². The lowest BCUT2D eigenvalue weighted by atomic mass is 9.82. The van der Waals surface area contributed by atoms with Crippen LogP contribution in [0, 0.1) is 5.41 Å². The third-order valence-corrected chi connectivity index (χ3v) is 5.91. The van der Waals surface area contributed by atoms with Crippen LogP contribution < -0.4 is 10.5 Å². The number of benzene rings is 1. The molecule has 1 fully saturated rings. The molecule has 1 aliphatic rings. The average Bonchev–Trinajstić information content (AvgIpc) is 2.36. The van der Waals surface area contributed by atoms with Crippen LogP contribution >= 0.6 is 11.8 Å². The smallest absolute Gasteiger partial charge is 0.238 e. The minimum Gasteiger partial charge on any atom is -0.309 e. The van der Waals surface area contributed by atoms with Crippen molar-refractivity contribution in [2.75, 3.05) is 11.5 Å². The normalized spacial score (nSPS) is 22.6. The number of hydrogen-bond acceptors (Lipinski definition) is 4. The summed E-state index contributed by atoms with van der Waals surface area (Å²) >= 11 is 1.99. The molecule has 0 bridgehead atoms. The van der Waals surface area contributed by atoms with Crippen molar-refractivity contribution < 1.29 is 8.42 Å². The number of hydrogen-bond donors (Lipinski definition) is 2. The van der Waals surface area contributed by atoms with E-state index in [9.17, 15) is 8.42 Å². The zero-order valence-corrected chi connectivity index (χ0v) is 13.6. The van der Waals surface area contributed by atoms with E-state index in [-0.39, 0.29) is 4.90 Å². The first-order chi connectivity index (χ1) is 9.29. The second-order valence-corrected chi connectivity index (χ2v) is 8.65. The minimum atomic E-state index is -3.60. The molecule has 0 aromatic heterocycles. The van der Waals surface area contributed by atoms with Gasteiger partial charge in [0.1, 0.15) is 0 Å². The van der Waals surface area contributed by atoms with E-state index >= 15 is 0 Å². The van der Waals surface area contributed by atoms with Crippen LogP contribution in [0.3, 0.4) is 0 Å². The maximum absolute atomic E-state index is 11.2.